The van der Waals surface area contributed by atoms with E-state index in [1.54, 1.807) is 37.3 Å². The molecule has 2 N–H and O–H groups in total. The summed E-state index contributed by atoms with van der Waals surface area (Å²) in [6.45, 7) is 2.94. The Morgan fingerprint density at radius 2 is 1.93 bits per heavy atom. The molecule has 9 nitrogen and oxygen atoms in total. The van der Waals surface area contributed by atoms with Gasteiger partial charge in [0.15, 0.2) is 0 Å². The average Bonchev–Trinajstić information content (AvgIpc) is 2.70. The van der Waals surface area contributed by atoms with Crippen molar-refractivity contribution in [3.63, 3.8) is 0 Å². The van der Waals surface area contributed by atoms with Crippen molar-refractivity contribution < 1.29 is 33.8 Å². The van der Waals surface area contributed by atoms with Gasteiger partial charge in [-0.15, -0.1) is 0 Å². The number of carbonyl (C=O) groups excluding carboxylic acids is 3. The van der Waals surface area contributed by atoms with E-state index in [9.17, 15) is 24.3 Å². The Labute approximate surface area is 171 Å². The highest BCUT2D eigenvalue weighted by Gasteiger charge is 2.56. The highest BCUT2D eigenvalue weighted by molar-refractivity contribution is 8.00. The second-order valence-corrected chi connectivity index (χ2v) is 7.48. The van der Waals surface area contributed by atoms with Crippen LogP contribution in [0.15, 0.2) is 41.6 Å². The van der Waals surface area contributed by atoms with Crippen molar-refractivity contribution in [3.8, 4) is 0 Å². The van der Waals surface area contributed by atoms with Crippen LogP contribution in [0.3, 0.4) is 0 Å². The van der Waals surface area contributed by atoms with Gasteiger partial charge in [-0.1, -0.05) is 30.0 Å². The molecule has 2 aliphatic heterocycles. The third-order valence-electron chi connectivity index (χ3n) is 4.41. The normalized spacial score (nSPS) is 23.2. The van der Waals surface area contributed by atoms with Crippen LogP contribution in [-0.4, -0.2) is 63.8 Å². The van der Waals surface area contributed by atoms with Gasteiger partial charge in [0.05, 0.1) is 0 Å². The van der Waals surface area contributed by atoms with Crippen molar-refractivity contribution in [3.05, 3.63) is 47.2 Å². The zero-order chi connectivity index (χ0) is 21.1. The van der Waals surface area contributed by atoms with Crippen LogP contribution >= 0.6 is 11.8 Å². The first-order valence-corrected chi connectivity index (χ1v) is 9.85. The number of β-lactam (4-membered cyclic amide) rings is 1. The first-order chi connectivity index (χ1) is 13.8. The van der Waals surface area contributed by atoms with Crippen molar-refractivity contribution in [1.29, 1.82) is 0 Å². The number of carboxylic acid groups (broad SMARTS) is 1. The summed E-state index contributed by atoms with van der Waals surface area (Å²) in [7, 11) is 0. The van der Waals surface area contributed by atoms with Gasteiger partial charge in [-0.25, -0.2) is 4.79 Å². The van der Waals surface area contributed by atoms with Gasteiger partial charge in [-0.3, -0.25) is 19.3 Å². The van der Waals surface area contributed by atoms with Crippen LogP contribution in [0.4, 0.5) is 0 Å². The molecule has 0 bridgehead atoms. The number of esters is 1. The Morgan fingerprint density at radius 1 is 1.24 bits per heavy atom. The summed E-state index contributed by atoms with van der Waals surface area (Å²) in [5.41, 5.74) is -0.415. The number of fused-ring (bicyclic) bond motifs is 1. The molecular formula is C19H20N2O7S. The summed E-state index contributed by atoms with van der Waals surface area (Å²) in [4.78, 5) is 49.3. The molecule has 3 atom stereocenters. The Bertz CT molecular complexity index is 871. The molecule has 0 saturated carbocycles. The number of carbonyl (C=O) groups is 4. The number of hydrogen-bond donors (Lipinski definition) is 2. The average molecular weight is 420 g/mol. The third-order valence-corrected chi connectivity index (χ3v) is 5.84. The number of thioether (sulfide) groups is 1. The minimum absolute atomic E-state index is 0.192. The SMILES string of the molecule is CCOC1S[C@@H]2[C@H](NC(=O)c3ccccc3)C(=O)N2C(C(=O)O)=C1COC(C)=O. The number of ether oxygens (including phenoxy) is 2. The highest BCUT2D eigenvalue weighted by Crippen LogP contribution is 2.44. The van der Waals surface area contributed by atoms with E-state index in [-0.39, 0.29) is 24.5 Å². The topological polar surface area (TPSA) is 122 Å². The van der Waals surface area contributed by atoms with E-state index in [0.29, 0.717) is 5.56 Å². The van der Waals surface area contributed by atoms with Crippen LogP contribution in [0.1, 0.15) is 24.2 Å². The number of aliphatic carboxylic acids is 1. The largest absolute Gasteiger partial charge is 0.477 e. The molecule has 1 aromatic carbocycles. The molecule has 10 heteroatoms. The van der Waals surface area contributed by atoms with Crippen molar-refractivity contribution in [1.82, 2.24) is 10.2 Å². The molecule has 154 valence electrons. The monoisotopic (exact) mass is 420 g/mol. The van der Waals surface area contributed by atoms with Gasteiger partial charge >= 0.3 is 11.9 Å². The zero-order valence-electron chi connectivity index (χ0n) is 15.8. The number of hydrogen-bond acceptors (Lipinski definition) is 7. The minimum atomic E-state index is -1.33. The Balaban J connectivity index is 1.86. The molecule has 2 aliphatic rings. The smallest absolute Gasteiger partial charge is 0.352 e. The van der Waals surface area contributed by atoms with Crippen LogP contribution in [0.25, 0.3) is 0 Å². The molecule has 0 aliphatic carbocycles. The van der Waals surface area contributed by atoms with Crippen molar-refractivity contribution in [2.24, 2.45) is 0 Å². The number of amides is 2. The van der Waals surface area contributed by atoms with Crippen molar-refractivity contribution in [2.45, 2.75) is 30.7 Å². The lowest BCUT2D eigenvalue weighted by Crippen LogP contribution is -2.71. The molecule has 0 spiro atoms. The Hall–Kier alpha value is -2.85. The van der Waals surface area contributed by atoms with E-state index in [0.717, 1.165) is 4.90 Å². The fraction of sp³-hybridized carbons (Fsp3) is 0.368. The van der Waals surface area contributed by atoms with Gasteiger partial charge in [0.2, 0.25) is 0 Å². The molecule has 1 fully saturated rings. The van der Waals surface area contributed by atoms with Crippen LogP contribution in [-0.2, 0) is 23.9 Å². The number of benzene rings is 1. The summed E-state index contributed by atoms with van der Waals surface area (Å²) in [6, 6.07) is 7.53. The van der Waals surface area contributed by atoms with Gasteiger partial charge in [0.1, 0.15) is 29.2 Å². The van der Waals surface area contributed by atoms with E-state index < -0.39 is 40.6 Å². The number of carboxylic acids is 1. The second-order valence-electron chi connectivity index (χ2n) is 6.30. The molecule has 0 aromatic heterocycles. The molecule has 1 saturated heterocycles. The van der Waals surface area contributed by atoms with E-state index in [1.165, 1.54) is 18.7 Å². The maximum Gasteiger partial charge on any atom is 0.352 e. The van der Waals surface area contributed by atoms with E-state index in [1.807, 2.05) is 0 Å². The quantitative estimate of drug-likeness (QED) is 0.494. The van der Waals surface area contributed by atoms with Crippen molar-refractivity contribution in [2.75, 3.05) is 13.2 Å². The van der Waals surface area contributed by atoms with Gasteiger partial charge < -0.3 is 19.9 Å². The van der Waals surface area contributed by atoms with Crippen LogP contribution in [0, 0.1) is 0 Å². The second kappa shape index (κ2) is 8.66. The van der Waals surface area contributed by atoms with Crippen LogP contribution < -0.4 is 5.32 Å². The van der Waals surface area contributed by atoms with Gasteiger partial charge in [-0.2, -0.15) is 0 Å². The fourth-order valence-corrected chi connectivity index (χ4v) is 4.60. The minimum Gasteiger partial charge on any atom is -0.477 e. The van der Waals surface area contributed by atoms with Gasteiger partial charge in [0, 0.05) is 24.7 Å². The Morgan fingerprint density at radius 3 is 2.52 bits per heavy atom. The lowest BCUT2D eigenvalue weighted by molar-refractivity contribution is -0.149. The maximum atomic E-state index is 12.7. The number of nitrogens with one attached hydrogen (secondary N) is 1. The molecule has 0 radical (unpaired) electrons. The van der Waals surface area contributed by atoms with E-state index in [4.69, 9.17) is 9.47 Å². The summed E-state index contributed by atoms with van der Waals surface area (Å²) >= 11 is 1.19. The van der Waals surface area contributed by atoms with Gasteiger partial charge in [0.25, 0.3) is 11.8 Å². The molecule has 3 rings (SSSR count). The molecule has 2 amide bonds. The number of nitrogens with zero attached hydrogens (tertiary/aromatic N) is 1. The van der Waals surface area contributed by atoms with Gasteiger partial charge in [-0.05, 0) is 19.1 Å². The molecule has 1 unspecified atom stereocenters. The fourth-order valence-electron chi connectivity index (χ4n) is 3.11. The lowest BCUT2D eigenvalue weighted by Gasteiger charge is -2.51. The number of rotatable bonds is 7. The van der Waals surface area contributed by atoms with E-state index in [2.05, 4.69) is 5.32 Å². The highest BCUT2D eigenvalue weighted by atomic mass is 32.2. The van der Waals surface area contributed by atoms with Crippen LogP contribution in [0.5, 0.6) is 0 Å². The summed E-state index contributed by atoms with van der Waals surface area (Å²) < 4.78 is 10.6. The predicted octanol–water partition coefficient (Wildman–Crippen LogP) is 0.965. The Kier molecular flexibility index (Phi) is 6.23. The van der Waals surface area contributed by atoms with Crippen LogP contribution in [0.2, 0.25) is 0 Å². The first kappa shape index (κ1) is 20.9. The first-order valence-electron chi connectivity index (χ1n) is 8.90. The van der Waals surface area contributed by atoms with E-state index >= 15 is 0 Å². The summed E-state index contributed by atoms with van der Waals surface area (Å²) in [5.74, 6) is -2.88. The third kappa shape index (κ3) is 4.13. The zero-order valence-corrected chi connectivity index (χ0v) is 16.6. The predicted molar refractivity (Wildman–Crippen MR) is 103 cm³/mol. The lowest BCUT2D eigenvalue weighted by atomic mass is 10.0. The standard InChI is InChI=1S/C19H20N2O7S/c1-3-27-19-12(9-28-10(2)22)14(18(25)26)21-16(24)13(17(21)29-19)20-15(23)11-7-5-4-6-8-11/h4-8,13,17,19H,3,9H2,1-2H3,(H,20,23)(H,25,26)/t13-,17-,19?/m1/s1. The molecular weight excluding hydrogens is 400 g/mol. The molecule has 1 aromatic rings. The molecule has 2 heterocycles. The maximum absolute atomic E-state index is 12.7. The van der Waals surface area contributed by atoms with Crippen molar-refractivity contribution >= 4 is 35.5 Å². The summed E-state index contributed by atoms with van der Waals surface area (Å²) in [5, 5.41) is 11.7. The summed E-state index contributed by atoms with van der Waals surface area (Å²) in [6.07, 6.45) is 0. The molecule has 29 heavy (non-hydrogen) atoms.